The zero-order valence-corrected chi connectivity index (χ0v) is 11.4. The quantitative estimate of drug-likeness (QED) is 0.884. The number of fused-ring (bicyclic) bond motifs is 2. The van der Waals surface area contributed by atoms with Crippen molar-refractivity contribution in [3.63, 3.8) is 0 Å². The Hall–Kier alpha value is -1.34. The highest BCUT2D eigenvalue weighted by Crippen LogP contribution is 2.46. The van der Waals surface area contributed by atoms with Crippen LogP contribution in [0.3, 0.4) is 0 Å². The molecule has 2 aliphatic heterocycles. The molecule has 2 aliphatic rings. The van der Waals surface area contributed by atoms with Crippen LogP contribution < -0.4 is 4.90 Å². The number of hydrogen-bond donors (Lipinski definition) is 2. The Morgan fingerprint density at radius 3 is 1.84 bits per heavy atom. The summed E-state index contributed by atoms with van der Waals surface area (Å²) in [5.74, 6) is -0.211. The van der Waals surface area contributed by atoms with E-state index in [1.54, 1.807) is 12.1 Å². The van der Waals surface area contributed by atoms with Crippen molar-refractivity contribution < 1.29 is 19.8 Å². The minimum atomic E-state index is -1.10. The number of carboxylic acid groups (broad SMARTS) is 2. The highest BCUT2D eigenvalue weighted by atomic mass is 32.2. The molecule has 7 heteroatoms. The van der Waals surface area contributed by atoms with Crippen LogP contribution in [0.15, 0.2) is 18.2 Å². The van der Waals surface area contributed by atoms with E-state index in [2.05, 4.69) is 4.90 Å². The van der Waals surface area contributed by atoms with Crippen molar-refractivity contribution in [3.8, 4) is 0 Å². The van der Waals surface area contributed by atoms with Gasteiger partial charge in [-0.1, -0.05) is 0 Å². The fourth-order valence-electron chi connectivity index (χ4n) is 2.33. The third kappa shape index (κ3) is 2.17. The average molecular weight is 297 g/mol. The molecule has 2 heterocycles. The molecule has 0 spiro atoms. The number of carboxylic acids is 2. The molecular formula is C12H11NO4S2. The molecule has 2 saturated heterocycles. The highest BCUT2D eigenvalue weighted by molar-refractivity contribution is 8.08. The molecule has 2 N–H and O–H groups in total. The summed E-state index contributed by atoms with van der Waals surface area (Å²) in [4.78, 5) is 24.3. The van der Waals surface area contributed by atoms with Crippen LogP contribution in [0.1, 0.15) is 20.7 Å². The summed E-state index contributed by atoms with van der Waals surface area (Å²) in [5, 5.41) is 18.8. The van der Waals surface area contributed by atoms with Gasteiger partial charge >= 0.3 is 11.9 Å². The van der Waals surface area contributed by atoms with E-state index in [1.165, 1.54) is 6.07 Å². The molecule has 5 nitrogen and oxygen atoms in total. The summed E-state index contributed by atoms with van der Waals surface area (Å²) in [6.45, 7) is 0. The van der Waals surface area contributed by atoms with Gasteiger partial charge in [-0.3, -0.25) is 0 Å². The Labute approximate surface area is 118 Å². The van der Waals surface area contributed by atoms with Crippen molar-refractivity contribution in [1.29, 1.82) is 0 Å². The first-order chi connectivity index (χ1) is 9.06. The Morgan fingerprint density at radius 1 is 1.00 bits per heavy atom. The van der Waals surface area contributed by atoms with Crippen molar-refractivity contribution in [2.75, 3.05) is 16.4 Å². The molecule has 2 unspecified atom stereocenters. The summed E-state index contributed by atoms with van der Waals surface area (Å²) in [6, 6.07) is 4.32. The van der Waals surface area contributed by atoms with Crippen molar-refractivity contribution >= 4 is 41.1 Å². The summed E-state index contributed by atoms with van der Waals surface area (Å²) < 4.78 is 0. The second-order valence-corrected chi connectivity index (χ2v) is 6.78. The lowest BCUT2D eigenvalue weighted by Crippen LogP contribution is -2.28. The van der Waals surface area contributed by atoms with E-state index >= 15 is 0 Å². The largest absolute Gasteiger partial charge is 0.478 e. The number of hydrogen-bond acceptors (Lipinski definition) is 5. The zero-order valence-electron chi connectivity index (χ0n) is 9.78. The lowest BCUT2D eigenvalue weighted by atomic mass is 10.1. The molecule has 2 bridgehead atoms. The van der Waals surface area contributed by atoms with Crippen molar-refractivity contribution in [1.82, 2.24) is 0 Å². The lowest BCUT2D eigenvalue weighted by Gasteiger charge is -2.23. The van der Waals surface area contributed by atoms with E-state index in [0.717, 1.165) is 11.5 Å². The predicted molar refractivity (Wildman–Crippen MR) is 75.3 cm³/mol. The second kappa shape index (κ2) is 4.64. The molecular weight excluding hydrogens is 286 g/mol. The maximum absolute atomic E-state index is 11.1. The number of aromatic carboxylic acids is 2. The van der Waals surface area contributed by atoms with Gasteiger partial charge in [-0.05, 0) is 18.2 Å². The van der Waals surface area contributed by atoms with E-state index in [0.29, 0.717) is 16.4 Å². The van der Waals surface area contributed by atoms with Gasteiger partial charge in [0.2, 0.25) is 0 Å². The van der Waals surface area contributed by atoms with Crippen LogP contribution in [0.4, 0.5) is 5.69 Å². The normalized spacial score (nSPS) is 24.7. The minimum Gasteiger partial charge on any atom is -0.478 e. The van der Waals surface area contributed by atoms with E-state index in [4.69, 9.17) is 10.2 Å². The molecule has 100 valence electrons. The number of anilines is 1. The number of rotatable bonds is 3. The first-order valence-electron chi connectivity index (χ1n) is 5.69. The van der Waals surface area contributed by atoms with Gasteiger partial charge in [-0.2, -0.15) is 0 Å². The van der Waals surface area contributed by atoms with Gasteiger partial charge in [0, 0.05) is 17.2 Å². The fraction of sp³-hybridized carbons (Fsp3) is 0.333. The number of nitrogens with zero attached hydrogens (tertiary/aromatic N) is 1. The maximum atomic E-state index is 11.1. The number of thioether (sulfide) groups is 2. The lowest BCUT2D eigenvalue weighted by molar-refractivity contribution is 0.0696. The Bertz CT molecular complexity index is 510. The summed E-state index contributed by atoms with van der Waals surface area (Å²) in [6.07, 6.45) is 0. The number of benzene rings is 1. The maximum Gasteiger partial charge on any atom is 0.335 e. The van der Waals surface area contributed by atoms with E-state index in [9.17, 15) is 9.59 Å². The SMILES string of the molecule is O=C(O)c1cc(C(=O)O)cc(N2C3CSC2CS3)c1. The van der Waals surface area contributed by atoms with Crippen LogP contribution in [0, 0.1) is 0 Å². The number of carbonyl (C=O) groups is 2. The van der Waals surface area contributed by atoms with Crippen molar-refractivity contribution in [3.05, 3.63) is 29.3 Å². The molecule has 0 aromatic heterocycles. The summed E-state index contributed by atoms with van der Waals surface area (Å²) in [7, 11) is 0. The van der Waals surface area contributed by atoms with Gasteiger partial charge in [-0.25, -0.2) is 9.59 Å². The van der Waals surface area contributed by atoms with Gasteiger partial charge in [0.15, 0.2) is 0 Å². The highest BCUT2D eigenvalue weighted by Gasteiger charge is 2.41. The summed E-state index contributed by atoms with van der Waals surface area (Å²) in [5.41, 5.74) is 0.745. The average Bonchev–Trinajstić information content (AvgIpc) is 2.97. The molecule has 1 aromatic rings. The van der Waals surface area contributed by atoms with E-state index in [-0.39, 0.29) is 11.1 Å². The molecule has 2 atom stereocenters. The van der Waals surface area contributed by atoms with Crippen LogP contribution in [0.25, 0.3) is 0 Å². The molecule has 19 heavy (non-hydrogen) atoms. The first kappa shape index (κ1) is 12.7. The molecule has 0 saturated carbocycles. The third-order valence-electron chi connectivity index (χ3n) is 3.19. The van der Waals surface area contributed by atoms with Crippen LogP contribution in [-0.4, -0.2) is 44.4 Å². The van der Waals surface area contributed by atoms with Crippen molar-refractivity contribution in [2.45, 2.75) is 10.7 Å². The van der Waals surface area contributed by atoms with Crippen molar-refractivity contribution in [2.24, 2.45) is 0 Å². The standard InChI is InChI=1S/C12H11NO4S2/c14-11(15)6-1-7(12(16)17)3-8(2-6)13-9-4-18-10(13)5-19-9/h1-3,9-10H,4-5H2,(H,14,15)(H,16,17). The van der Waals surface area contributed by atoms with Crippen LogP contribution in [-0.2, 0) is 0 Å². The molecule has 3 rings (SSSR count). The predicted octanol–water partition coefficient (Wildman–Crippen LogP) is 2.04. The summed E-state index contributed by atoms with van der Waals surface area (Å²) >= 11 is 3.67. The van der Waals surface area contributed by atoms with Gasteiger partial charge < -0.3 is 15.1 Å². The minimum absolute atomic E-state index is 0.0243. The van der Waals surface area contributed by atoms with Gasteiger partial charge in [0.05, 0.1) is 21.9 Å². The molecule has 0 amide bonds. The molecule has 0 radical (unpaired) electrons. The second-order valence-electron chi connectivity index (χ2n) is 4.36. The van der Waals surface area contributed by atoms with Gasteiger partial charge in [0.25, 0.3) is 0 Å². The third-order valence-corrected chi connectivity index (χ3v) is 6.19. The van der Waals surface area contributed by atoms with Gasteiger partial charge in [0.1, 0.15) is 0 Å². The van der Waals surface area contributed by atoms with E-state index in [1.807, 2.05) is 23.5 Å². The van der Waals surface area contributed by atoms with Gasteiger partial charge in [-0.15, -0.1) is 23.5 Å². The topological polar surface area (TPSA) is 77.8 Å². The van der Waals surface area contributed by atoms with Crippen LogP contribution in [0.2, 0.25) is 0 Å². The first-order valence-corrected chi connectivity index (χ1v) is 7.79. The fourth-order valence-corrected chi connectivity index (χ4v) is 5.60. The zero-order chi connectivity index (χ0) is 13.6. The Balaban J connectivity index is 2.05. The van der Waals surface area contributed by atoms with Crippen LogP contribution in [0.5, 0.6) is 0 Å². The molecule has 0 aliphatic carbocycles. The van der Waals surface area contributed by atoms with E-state index < -0.39 is 11.9 Å². The Kier molecular flexibility index (Phi) is 3.10. The Morgan fingerprint density at radius 2 is 1.47 bits per heavy atom. The smallest absolute Gasteiger partial charge is 0.335 e. The monoisotopic (exact) mass is 297 g/mol. The molecule has 2 fully saturated rings. The molecule has 1 aromatic carbocycles. The van der Waals surface area contributed by atoms with Crippen LogP contribution >= 0.6 is 23.5 Å².